The number of esters is 3. The summed E-state index contributed by atoms with van der Waals surface area (Å²) in [6, 6.07) is 0. The highest BCUT2D eigenvalue weighted by Gasteiger charge is 2.19. The normalized spacial score (nSPS) is 12.2. The van der Waals surface area contributed by atoms with E-state index in [9.17, 15) is 14.4 Å². The first-order chi connectivity index (χ1) is 26.6. The molecule has 0 fully saturated rings. The van der Waals surface area contributed by atoms with Crippen molar-refractivity contribution in [2.45, 2.75) is 266 Å². The second kappa shape index (κ2) is 40.6. The summed E-state index contributed by atoms with van der Waals surface area (Å²) < 4.78 is 16.7. The molecule has 0 aliphatic heterocycles. The average Bonchev–Trinajstić information content (AvgIpc) is 3.13. The molecular weight excluding hydrogens is 685 g/mol. The Hall–Kier alpha value is -1.59. The van der Waals surface area contributed by atoms with Crippen LogP contribution in [0.15, 0.2) is 0 Å². The summed E-state index contributed by atoms with van der Waals surface area (Å²) in [5.41, 5.74) is 0. The van der Waals surface area contributed by atoms with Gasteiger partial charge in [0.25, 0.3) is 0 Å². The van der Waals surface area contributed by atoms with E-state index in [0.29, 0.717) is 19.3 Å². The summed E-state index contributed by atoms with van der Waals surface area (Å²) >= 11 is 0. The van der Waals surface area contributed by atoms with E-state index in [2.05, 4.69) is 41.5 Å². The zero-order valence-corrected chi connectivity index (χ0v) is 37.7. The molecule has 0 bridgehead atoms. The molecule has 0 N–H and O–H groups in total. The van der Waals surface area contributed by atoms with E-state index in [-0.39, 0.29) is 31.1 Å². The topological polar surface area (TPSA) is 78.9 Å². The fourth-order valence-corrected chi connectivity index (χ4v) is 7.23. The minimum absolute atomic E-state index is 0.0669. The molecular formula is C49H94O6. The molecule has 0 saturated heterocycles. The molecule has 6 heteroatoms. The van der Waals surface area contributed by atoms with Gasteiger partial charge in [-0.3, -0.25) is 14.4 Å². The first-order valence-electron chi connectivity index (χ1n) is 24.1. The number of rotatable bonds is 42. The van der Waals surface area contributed by atoms with Crippen molar-refractivity contribution in [3.8, 4) is 0 Å². The van der Waals surface area contributed by atoms with Crippen molar-refractivity contribution in [2.75, 3.05) is 13.2 Å². The lowest BCUT2D eigenvalue weighted by Crippen LogP contribution is -2.30. The van der Waals surface area contributed by atoms with Crippen LogP contribution in [0.3, 0.4) is 0 Å². The lowest BCUT2D eigenvalue weighted by molar-refractivity contribution is -0.167. The van der Waals surface area contributed by atoms with Crippen LogP contribution < -0.4 is 0 Å². The van der Waals surface area contributed by atoms with Crippen molar-refractivity contribution in [2.24, 2.45) is 17.8 Å². The zero-order chi connectivity index (χ0) is 40.6. The highest BCUT2D eigenvalue weighted by atomic mass is 16.6. The van der Waals surface area contributed by atoms with Gasteiger partial charge in [0, 0.05) is 19.3 Å². The van der Waals surface area contributed by atoms with Crippen LogP contribution in [-0.2, 0) is 28.6 Å². The first-order valence-corrected chi connectivity index (χ1v) is 24.1. The Labute approximate surface area is 342 Å². The van der Waals surface area contributed by atoms with E-state index in [4.69, 9.17) is 14.2 Å². The smallest absolute Gasteiger partial charge is 0.306 e. The summed E-state index contributed by atoms with van der Waals surface area (Å²) in [7, 11) is 0. The summed E-state index contributed by atoms with van der Waals surface area (Å²) in [6.45, 7) is 13.6. The maximum Gasteiger partial charge on any atom is 0.306 e. The fourth-order valence-electron chi connectivity index (χ4n) is 7.23. The summed E-state index contributed by atoms with van der Waals surface area (Å²) in [4.78, 5) is 37.7. The molecule has 326 valence electrons. The van der Waals surface area contributed by atoms with Crippen molar-refractivity contribution >= 4 is 17.9 Å². The second-order valence-corrected chi connectivity index (χ2v) is 18.2. The minimum atomic E-state index is -0.762. The van der Waals surface area contributed by atoms with Crippen LogP contribution in [0.25, 0.3) is 0 Å². The molecule has 55 heavy (non-hydrogen) atoms. The molecule has 0 aliphatic carbocycles. The third-order valence-corrected chi connectivity index (χ3v) is 10.9. The molecule has 0 unspecified atom stereocenters. The van der Waals surface area contributed by atoms with Gasteiger partial charge in [-0.05, 0) is 37.0 Å². The molecule has 0 aromatic carbocycles. The van der Waals surface area contributed by atoms with Gasteiger partial charge in [-0.1, -0.05) is 221 Å². The molecule has 0 saturated carbocycles. The van der Waals surface area contributed by atoms with Crippen LogP contribution in [0, 0.1) is 17.8 Å². The van der Waals surface area contributed by atoms with E-state index >= 15 is 0 Å². The van der Waals surface area contributed by atoms with Gasteiger partial charge >= 0.3 is 17.9 Å². The standard InChI is InChI=1S/C49H94O6/c1-43(2)35-29-23-17-14-12-10-8-7-9-11-13-15-19-28-34-40-49(52)55-46(42-54-48(51)39-33-27-22-21-25-31-37-45(5)6)41-53-47(50)38-32-26-20-16-18-24-30-36-44(3)4/h43-46H,7-42H2,1-6H3/t46-/m0/s1. The molecule has 0 heterocycles. The molecule has 0 radical (unpaired) electrons. The highest BCUT2D eigenvalue weighted by molar-refractivity contribution is 5.71. The van der Waals surface area contributed by atoms with Crippen molar-refractivity contribution in [3.63, 3.8) is 0 Å². The van der Waals surface area contributed by atoms with Gasteiger partial charge in [0.2, 0.25) is 0 Å². The largest absolute Gasteiger partial charge is 0.462 e. The summed E-state index contributed by atoms with van der Waals surface area (Å²) in [5, 5.41) is 0. The maximum absolute atomic E-state index is 12.7. The SMILES string of the molecule is CC(C)CCCCCCCCCCCCCCCCCC(=O)O[C@@H](COC(=O)CCCCCCCCCC(C)C)COC(=O)CCCCCCCCC(C)C. The molecule has 0 rings (SSSR count). The fraction of sp³-hybridized carbons (Fsp3) is 0.939. The molecule has 0 aliphatic rings. The Morgan fingerprint density at radius 3 is 0.782 bits per heavy atom. The quantitative estimate of drug-likeness (QED) is 0.0349. The first kappa shape index (κ1) is 53.4. The van der Waals surface area contributed by atoms with E-state index in [0.717, 1.165) is 75.5 Å². The maximum atomic E-state index is 12.7. The monoisotopic (exact) mass is 779 g/mol. The number of unbranched alkanes of at least 4 members (excludes halogenated alkanes) is 25. The van der Waals surface area contributed by atoms with Crippen LogP contribution in [0.5, 0.6) is 0 Å². The number of carbonyl (C=O) groups excluding carboxylic acids is 3. The Morgan fingerprint density at radius 2 is 0.527 bits per heavy atom. The molecule has 0 amide bonds. The van der Waals surface area contributed by atoms with Crippen molar-refractivity contribution < 1.29 is 28.6 Å². The van der Waals surface area contributed by atoms with Crippen LogP contribution in [-0.4, -0.2) is 37.2 Å². The van der Waals surface area contributed by atoms with Gasteiger partial charge in [-0.25, -0.2) is 0 Å². The van der Waals surface area contributed by atoms with E-state index in [1.807, 2.05) is 0 Å². The third-order valence-electron chi connectivity index (χ3n) is 10.9. The van der Waals surface area contributed by atoms with E-state index in [1.165, 1.54) is 141 Å². The molecule has 0 aromatic heterocycles. The Bertz CT molecular complexity index is 852. The minimum Gasteiger partial charge on any atom is -0.462 e. The van der Waals surface area contributed by atoms with Crippen molar-refractivity contribution in [3.05, 3.63) is 0 Å². The summed E-state index contributed by atoms with van der Waals surface area (Å²) in [6.07, 6.45) is 38.3. The average molecular weight is 779 g/mol. The number of hydrogen-bond acceptors (Lipinski definition) is 6. The van der Waals surface area contributed by atoms with Gasteiger partial charge in [0.05, 0.1) is 0 Å². The van der Waals surface area contributed by atoms with Gasteiger partial charge < -0.3 is 14.2 Å². The van der Waals surface area contributed by atoms with Crippen molar-refractivity contribution in [1.29, 1.82) is 0 Å². The van der Waals surface area contributed by atoms with Crippen LogP contribution >= 0.6 is 0 Å². The van der Waals surface area contributed by atoms with Crippen molar-refractivity contribution in [1.82, 2.24) is 0 Å². The summed E-state index contributed by atoms with van der Waals surface area (Å²) in [5.74, 6) is 1.53. The van der Waals surface area contributed by atoms with Gasteiger partial charge in [0.15, 0.2) is 6.10 Å². The molecule has 6 nitrogen and oxygen atoms in total. The third kappa shape index (κ3) is 43.4. The van der Waals surface area contributed by atoms with E-state index in [1.54, 1.807) is 0 Å². The zero-order valence-electron chi connectivity index (χ0n) is 37.7. The van der Waals surface area contributed by atoms with Gasteiger partial charge in [-0.2, -0.15) is 0 Å². The highest BCUT2D eigenvalue weighted by Crippen LogP contribution is 2.17. The number of ether oxygens (including phenoxy) is 3. The van der Waals surface area contributed by atoms with Crippen LogP contribution in [0.1, 0.15) is 260 Å². The lowest BCUT2D eigenvalue weighted by Gasteiger charge is -2.18. The van der Waals surface area contributed by atoms with Gasteiger partial charge in [-0.15, -0.1) is 0 Å². The predicted octanol–water partition coefficient (Wildman–Crippen LogP) is 15.2. The molecule has 0 aromatic rings. The van der Waals surface area contributed by atoms with E-state index < -0.39 is 6.10 Å². The van der Waals surface area contributed by atoms with Crippen LogP contribution in [0.2, 0.25) is 0 Å². The van der Waals surface area contributed by atoms with Crippen LogP contribution in [0.4, 0.5) is 0 Å². The Morgan fingerprint density at radius 1 is 0.309 bits per heavy atom. The predicted molar refractivity (Wildman–Crippen MR) is 233 cm³/mol. The molecule has 0 spiro atoms. The number of hydrogen-bond donors (Lipinski definition) is 0. The number of carbonyl (C=O) groups is 3. The second-order valence-electron chi connectivity index (χ2n) is 18.2. The lowest BCUT2D eigenvalue weighted by atomic mass is 10.0. The Balaban J connectivity index is 4.25. The molecule has 1 atom stereocenters. The Kier molecular flexibility index (Phi) is 39.4. The van der Waals surface area contributed by atoms with Gasteiger partial charge in [0.1, 0.15) is 13.2 Å².